The van der Waals surface area contributed by atoms with Gasteiger partial charge in [-0.2, -0.15) is 11.8 Å². The highest BCUT2D eigenvalue weighted by molar-refractivity contribution is 7.98. The Labute approximate surface area is 87.5 Å². The van der Waals surface area contributed by atoms with E-state index in [1.807, 2.05) is 13.2 Å². The maximum atomic E-state index is 11.5. The highest BCUT2D eigenvalue weighted by Crippen LogP contribution is 2.07. The summed E-state index contributed by atoms with van der Waals surface area (Å²) in [4.78, 5) is 19.3. The van der Waals surface area contributed by atoms with E-state index in [0.29, 0.717) is 5.82 Å². The van der Waals surface area contributed by atoms with Crippen LogP contribution < -0.4 is 5.32 Å². The predicted octanol–water partition coefficient (Wildman–Crippen LogP) is 1.41. The van der Waals surface area contributed by atoms with Gasteiger partial charge in [0.25, 0.3) is 0 Å². The van der Waals surface area contributed by atoms with Crippen molar-refractivity contribution >= 4 is 23.5 Å². The molecule has 1 N–H and O–H groups in total. The molecular weight excluding hydrogens is 198 g/mol. The van der Waals surface area contributed by atoms with Crippen LogP contribution in [-0.4, -0.2) is 27.9 Å². The van der Waals surface area contributed by atoms with E-state index in [0.717, 1.165) is 5.75 Å². The standard InChI is InChI=1S/C9H13N3OS/c1-7(6-14-2)9(13)12-8-5-10-3-4-11-8/h3-5,7H,6H2,1-2H3,(H,11,12,13)/t7-/m1/s1. The molecule has 5 heteroatoms. The van der Waals surface area contributed by atoms with Gasteiger partial charge < -0.3 is 5.32 Å². The molecule has 0 fully saturated rings. The molecule has 0 unspecified atom stereocenters. The fourth-order valence-electron chi connectivity index (χ4n) is 0.939. The van der Waals surface area contributed by atoms with Gasteiger partial charge in [-0.1, -0.05) is 6.92 Å². The molecule has 1 heterocycles. The van der Waals surface area contributed by atoms with Crippen molar-refractivity contribution in [2.75, 3.05) is 17.3 Å². The van der Waals surface area contributed by atoms with Gasteiger partial charge in [-0.15, -0.1) is 0 Å². The third-order valence-corrected chi connectivity index (χ3v) is 2.51. The predicted molar refractivity (Wildman–Crippen MR) is 58.2 cm³/mol. The van der Waals surface area contributed by atoms with Crippen LogP contribution in [0.4, 0.5) is 5.82 Å². The van der Waals surface area contributed by atoms with Gasteiger partial charge in [-0.3, -0.25) is 9.78 Å². The molecule has 0 saturated heterocycles. The molecule has 1 aromatic rings. The summed E-state index contributed by atoms with van der Waals surface area (Å²) < 4.78 is 0. The Morgan fingerprint density at radius 2 is 2.43 bits per heavy atom. The Morgan fingerprint density at radius 1 is 1.64 bits per heavy atom. The van der Waals surface area contributed by atoms with E-state index >= 15 is 0 Å². The van der Waals surface area contributed by atoms with Gasteiger partial charge in [0.05, 0.1) is 6.20 Å². The molecule has 0 spiro atoms. The first-order valence-corrected chi connectivity index (χ1v) is 5.69. The van der Waals surface area contributed by atoms with Crippen molar-refractivity contribution < 1.29 is 4.79 Å². The molecule has 4 nitrogen and oxygen atoms in total. The minimum Gasteiger partial charge on any atom is -0.309 e. The normalized spacial score (nSPS) is 12.1. The van der Waals surface area contributed by atoms with Crippen LogP contribution in [0.15, 0.2) is 18.6 Å². The lowest BCUT2D eigenvalue weighted by Crippen LogP contribution is -2.22. The van der Waals surface area contributed by atoms with Gasteiger partial charge in [-0.05, 0) is 6.26 Å². The topological polar surface area (TPSA) is 54.9 Å². The van der Waals surface area contributed by atoms with Crippen LogP contribution in [0.5, 0.6) is 0 Å². The molecule has 1 aromatic heterocycles. The van der Waals surface area contributed by atoms with Gasteiger partial charge in [0.2, 0.25) is 5.91 Å². The van der Waals surface area contributed by atoms with Gasteiger partial charge >= 0.3 is 0 Å². The van der Waals surface area contributed by atoms with Crippen molar-refractivity contribution in [2.24, 2.45) is 5.92 Å². The van der Waals surface area contributed by atoms with Crippen molar-refractivity contribution in [1.82, 2.24) is 9.97 Å². The van der Waals surface area contributed by atoms with Gasteiger partial charge in [0.15, 0.2) is 5.82 Å². The second-order valence-electron chi connectivity index (χ2n) is 2.94. The Morgan fingerprint density at radius 3 is 3.00 bits per heavy atom. The summed E-state index contributed by atoms with van der Waals surface area (Å²) >= 11 is 1.65. The first kappa shape index (κ1) is 11.0. The highest BCUT2D eigenvalue weighted by atomic mass is 32.2. The Bertz CT molecular complexity index is 291. The number of carbonyl (C=O) groups is 1. The molecule has 1 rings (SSSR count). The number of rotatable bonds is 4. The Kier molecular flexibility index (Phi) is 4.39. The van der Waals surface area contributed by atoms with Gasteiger partial charge in [0.1, 0.15) is 0 Å². The van der Waals surface area contributed by atoms with Crippen molar-refractivity contribution in [3.63, 3.8) is 0 Å². The molecule has 0 bridgehead atoms. The van der Waals surface area contributed by atoms with Crippen molar-refractivity contribution in [2.45, 2.75) is 6.92 Å². The van der Waals surface area contributed by atoms with E-state index in [9.17, 15) is 4.79 Å². The maximum Gasteiger partial charge on any atom is 0.229 e. The van der Waals surface area contributed by atoms with E-state index in [1.165, 1.54) is 6.20 Å². The van der Waals surface area contributed by atoms with E-state index in [2.05, 4.69) is 15.3 Å². The third-order valence-electron chi connectivity index (χ3n) is 1.68. The van der Waals surface area contributed by atoms with E-state index in [4.69, 9.17) is 0 Å². The van der Waals surface area contributed by atoms with Crippen LogP contribution in [0.1, 0.15) is 6.92 Å². The monoisotopic (exact) mass is 211 g/mol. The number of carbonyl (C=O) groups excluding carboxylic acids is 1. The lowest BCUT2D eigenvalue weighted by Gasteiger charge is -2.09. The molecule has 0 aliphatic heterocycles. The highest BCUT2D eigenvalue weighted by Gasteiger charge is 2.12. The van der Waals surface area contributed by atoms with E-state index in [1.54, 1.807) is 24.2 Å². The molecular formula is C9H13N3OS. The number of hydrogen-bond donors (Lipinski definition) is 1. The SMILES string of the molecule is CSC[C@@H](C)C(=O)Nc1cnccn1. The first-order valence-electron chi connectivity index (χ1n) is 4.30. The average Bonchev–Trinajstić information content (AvgIpc) is 2.19. The van der Waals surface area contributed by atoms with Crippen LogP contribution in [-0.2, 0) is 4.79 Å². The summed E-state index contributed by atoms with van der Waals surface area (Å²) in [6, 6.07) is 0. The van der Waals surface area contributed by atoms with Gasteiger partial charge in [-0.25, -0.2) is 4.98 Å². The van der Waals surface area contributed by atoms with Crippen LogP contribution in [0.25, 0.3) is 0 Å². The molecule has 0 saturated carbocycles. The summed E-state index contributed by atoms with van der Waals surface area (Å²) in [5.74, 6) is 1.30. The molecule has 0 aromatic carbocycles. The zero-order valence-corrected chi connectivity index (χ0v) is 9.04. The number of thioether (sulfide) groups is 1. The summed E-state index contributed by atoms with van der Waals surface area (Å²) in [6.45, 7) is 1.89. The Balaban J connectivity index is 2.49. The van der Waals surface area contributed by atoms with E-state index in [-0.39, 0.29) is 11.8 Å². The molecule has 1 amide bonds. The summed E-state index contributed by atoms with van der Waals surface area (Å²) in [5.41, 5.74) is 0. The molecule has 0 aliphatic carbocycles. The second-order valence-corrected chi connectivity index (χ2v) is 3.85. The molecule has 76 valence electrons. The molecule has 0 radical (unpaired) electrons. The van der Waals surface area contributed by atoms with Crippen LogP contribution in [0.2, 0.25) is 0 Å². The summed E-state index contributed by atoms with van der Waals surface area (Å²) in [7, 11) is 0. The van der Waals surface area contributed by atoms with E-state index < -0.39 is 0 Å². The fourth-order valence-corrected chi connectivity index (χ4v) is 1.59. The number of nitrogens with zero attached hydrogens (tertiary/aromatic N) is 2. The fraction of sp³-hybridized carbons (Fsp3) is 0.444. The van der Waals surface area contributed by atoms with Crippen LogP contribution >= 0.6 is 11.8 Å². The lowest BCUT2D eigenvalue weighted by atomic mass is 10.2. The molecule has 14 heavy (non-hydrogen) atoms. The smallest absolute Gasteiger partial charge is 0.229 e. The number of aromatic nitrogens is 2. The van der Waals surface area contributed by atoms with Crippen molar-refractivity contribution in [1.29, 1.82) is 0 Å². The summed E-state index contributed by atoms with van der Waals surface area (Å²) in [5, 5.41) is 2.70. The van der Waals surface area contributed by atoms with Crippen LogP contribution in [0, 0.1) is 5.92 Å². The Hall–Kier alpha value is -1.10. The third kappa shape index (κ3) is 3.33. The number of anilines is 1. The zero-order valence-electron chi connectivity index (χ0n) is 8.23. The molecule has 0 aliphatic rings. The van der Waals surface area contributed by atoms with Crippen LogP contribution in [0.3, 0.4) is 0 Å². The number of amides is 1. The first-order chi connectivity index (χ1) is 6.74. The van der Waals surface area contributed by atoms with Gasteiger partial charge in [0, 0.05) is 24.1 Å². The lowest BCUT2D eigenvalue weighted by molar-refractivity contribution is -0.118. The second kappa shape index (κ2) is 5.59. The average molecular weight is 211 g/mol. The van der Waals surface area contributed by atoms with Crippen molar-refractivity contribution in [3.8, 4) is 0 Å². The molecule has 1 atom stereocenters. The maximum absolute atomic E-state index is 11.5. The zero-order chi connectivity index (χ0) is 10.4. The minimum atomic E-state index is -0.0140. The van der Waals surface area contributed by atoms with Crippen molar-refractivity contribution in [3.05, 3.63) is 18.6 Å². The number of hydrogen-bond acceptors (Lipinski definition) is 4. The largest absolute Gasteiger partial charge is 0.309 e. The summed E-state index contributed by atoms with van der Waals surface area (Å²) in [6.07, 6.45) is 6.63. The quantitative estimate of drug-likeness (QED) is 0.818. The number of nitrogens with one attached hydrogen (secondary N) is 1. The minimum absolute atomic E-state index is 0.00740.